The minimum atomic E-state index is -0.896. The van der Waals surface area contributed by atoms with Crippen LogP contribution in [0.1, 0.15) is 64.4 Å². The lowest BCUT2D eigenvalue weighted by Crippen LogP contribution is -2.56. The molecule has 0 saturated heterocycles. The fourth-order valence-corrected chi connectivity index (χ4v) is 7.11. The number of para-hydroxylation sites is 1. The van der Waals surface area contributed by atoms with Crippen LogP contribution >= 0.6 is 0 Å². The van der Waals surface area contributed by atoms with E-state index in [0.29, 0.717) is 24.3 Å². The molecule has 0 aromatic heterocycles. The van der Waals surface area contributed by atoms with Crippen LogP contribution in [0.15, 0.2) is 24.3 Å². The second-order valence-electron chi connectivity index (χ2n) is 10.7. The molecule has 5 aliphatic rings. The first-order valence-corrected chi connectivity index (χ1v) is 12.3. The number of nitrogens with one attached hydrogen (secondary N) is 1. The van der Waals surface area contributed by atoms with Crippen molar-refractivity contribution in [1.29, 1.82) is 0 Å². The van der Waals surface area contributed by atoms with Gasteiger partial charge < -0.3 is 15.0 Å². The molecule has 32 heavy (non-hydrogen) atoms. The lowest BCUT2D eigenvalue weighted by Gasteiger charge is -2.55. The zero-order chi connectivity index (χ0) is 22.5. The fourth-order valence-electron chi connectivity index (χ4n) is 7.11. The lowest BCUT2D eigenvalue weighted by molar-refractivity contribution is -0.159. The molecule has 2 atom stereocenters. The molecule has 1 aromatic rings. The van der Waals surface area contributed by atoms with Gasteiger partial charge in [-0.15, -0.1) is 0 Å². The second-order valence-corrected chi connectivity index (χ2v) is 10.7. The van der Waals surface area contributed by atoms with Crippen molar-refractivity contribution in [3.05, 3.63) is 29.8 Å². The highest BCUT2D eigenvalue weighted by atomic mass is 16.5. The lowest BCUT2D eigenvalue weighted by atomic mass is 9.49. The van der Waals surface area contributed by atoms with Crippen LogP contribution in [0, 0.1) is 23.2 Å². The SMILES string of the molecule is C[C@H](NC(=O)C12CC3CC(CC(C3)C1)C2)C(=O)O[C@H](C)C(=O)N1CCCc2ccccc21. The van der Waals surface area contributed by atoms with Gasteiger partial charge in [0.05, 0.1) is 0 Å². The molecule has 1 heterocycles. The minimum absolute atomic E-state index is 0.00462. The Balaban J connectivity index is 1.19. The molecule has 4 fully saturated rings. The summed E-state index contributed by atoms with van der Waals surface area (Å²) < 4.78 is 5.52. The van der Waals surface area contributed by atoms with Crippen LogP contribution in [-0.4, -0.2) is 36.5 Å². The van der Waals surface area contributed by atoms with Crippen molar-refractivity contribution < 1.29 is 19.1 Å². The molecular weight excluding hydrogens is 404 g/mol. The molecule has 4 bridgehead atoms. The highest BCUT2D eigenvalue weighted by Gasteiger charge is 2.54. The van der Waals surface area contributed by atoms with E-state index in [9.17, 15) is 14.4 Å². The van der Waals surface area contributed by atoms with E-state index in [1.54, 1.807) is 18.7 Å². The number of fused-ring (bicyclic) bond motifs is 1. The molecule has 6 rings (SSSR count). The van der Waals surface area contributed by atoms with E-state index in [1.807, 2.05) is 24.3 Å². The van der Waals surface area contributed by atoms with Crippen LogP contribution in [0.3, 0.4) is 0 Å². The maximum Gasteiger partial charge on any atom is 0.329 e. The van der Waals surface area contributed by atoms with E-state index in [1.165, 1.54) is 19.3 Å². The summed E-state index contributed by atoms with van der Waals surface area (Å²) in [5, 5.41) is 2.94. The molecule has 1 aromatic carbocycles. The molecule has 0 spiro atoms. The van der Waals surface area contributed by atoms with Gasteiger partial charge in [0, 0.05) is 17.6 Å². The van der Waals surface area contributed by atoms with E-state index >= 15 is 0 Å². The topological polar surface area (TPSA) is 75.7 Å². The third-order valence-corrected chi connectivity index (χ3v) is 8.24. The Bertz CT molecular complexity index is 891. The molecule has 4 aliphatic carbocycles. The van der Waals surface area contributed by atoms with Crippen LogP contribution in [0.4, 0.5) is 5.69 Å². The standard InChI is InChI=1S/C26H34N2O4/c1-16(27-25(31)26-13-18-10-19(14-26)12-20(11-18)15-26)24(30)32-17(2)23(29)28-9-5-7-21-6-3-4-8-22(21)28/h3-4,6,8,16-20H,5,7,9-15H2,1-2H3,(H,27,31)/t16-,17+,18?,19?,20?,26?/m0/s1. The predicted molar refractivity (Wildman–Crippen MR) is 121 cm³/mol. The second kappa shape index (κ2) is 8.20. The third kappa shape index (κ3) is 3.82. The van der Waals surface area contributed by atoms with Gasteiger partial charge in [0.15, 0.2) is 6.10 Å². The number of rotatable bonds is 5. The number of ether oxygens (including phenoxy) is 1. The Labute approximate surface area is 190 Å². The van der Waals surface area contributed by atoms with Gasteiger partial charge in [0.2, 0.25) is 5.91 Å². The van der Waals surface area contributed by atoms with E-state index in [4.69, 9.17) is 4.74 Å². The van der Waals surface area contributed by atoms with Crippen LogP contribution < -0.4 is 10.2 Å². The summed E-state index contributed by atoms with van der Waals surface area (Å²) in [6, 6.07) is 7.11. The molecule has 1 aliphatic heterocycles. The van der Waals surface area contributed by atoms with Gasteiger partial charge in [-0.2, -0.15) is 0 Å². The van der Waals surface area contributed by atoms with E-state index in [0.717, 1.165) is 43.4 Å². The zero-order valence-electron chi connectivity index (χ0n) is 19.1. The van der Waals surface area contributed by atoms with Crippen LogP contribution in [-0.2, 0) is 25.5 Å². The third-order valence-electron chi connectivity index (χ3n) is 8.24. The number of hydrogen-bond donors (Lipinski definition) is 1. The Hall–Kier alpha value is -2.37. The van der Waals surface area contributed by atoms with Crippen molar-refractivity contribution in [3.63, 3.8) is 0 Å². The molecule has 4 saturated carbocycles. The summed E-state index contributed by atoms with van der Waals surface area (Å²) >= 11 is 0. The summed E-state index contributed by atoms with van der Waals surface area (Å²) in [5.74, 6) is 1.24. The largest absolute Gasteiger partial charge is 0.451 e. The number of anilines is 1. The predicted octanol–water partition coefficient (Wildman–Crippen LogP) is 3.62. The maximum atomic E-state index is 13.2. The number of aryl methyl sites for hydroxylation is 1. The number of carbonyl (C=O) groups is 3. The number of amides is 2. The van der Waals surface area contributed by atoms with Crippen molar-refractivity contribution >= 4 is 23.5 Å². The van der Waals surface area contributed by atoms with E-state index in [2.05, 4.69) is 5.32 Å². The minimum Gasteiger partial charge on any atom is -0.451 e. The Kier molecular flexibility index (Phi) is 5.50. The number of esters is 1. The summed E-state index contributed by atoms with van der Waals surface area (Å²) in [6.45, 7) is 3.90. The average molecular weight is 439 g/mol. The Morgan fingerprint density at radius 1 is 1.03 bits per heavy atom. The van der Waals surface area contributed by atoms with Crippen molar-refractivity contribution in [3.8, 4) is 0 Å². The van der Waals surface area contributed by atoms with Crippen molar-refractivity contribution in [2.24, 2.45) is 23.2 Å². The highest BCUT2D eigenvalue weighted by molar-refractivity contribution is 5.98. The quantitative estimate of drug-likeness (QED) is 0.713. The van der Waals surface area contributed by atoms with Crippen LogP contribution in [0.2, 0.25) is 0 Å². The number of nitrogens with zero attached hydrogens (tertiary/aromatic N) is 1. The first kappa shape index (κ1) is 21.5. The van der Waals surface area contributed by atoms with Gasteiger partial charge in [-0.1, -0.05) is 18.2 Å². The van der Waals surface area contributed by atoms with Crippen molar-refractivity contribution in [2.45, 2.75) is 77.4 Å². The molecule has 0 unspecified atom stereocenters. The summed E-state index contributed by atoms with van der Waals surface area (Å²) in [7, 11) is 0. The average Bonchev–Trinajstić information content (AvgIpc) is 2.77. The highest BCUT2D eigenvalue weighted by Crippen LogP contribution is 2.60. The normalized spacial score (nSPS) is 32.1. The van der Waals surface area contributed by atoms with Crippen LogP contribution in [0.5, 0.6) is 0 Å². The van der Waals surface area contributed by atoms with Crippen molar-refractivity contribution in [1.82, 2.24) is 5.32 Å². The van der Waals surface area contributed by atoms with Gasteiger partial charge >= 0.3 is 5.97 Å². The number of hydrogen-bond acceptors (Lipinski definition) is 4. The van der Waals surface area contributed by atoms with Crippen molar-refractivity contribution in [2.75, 3.05) is 11.4 Å². The van der Waals surface area contributed by atoms with E-state index in [-0.39, 0.29) is 17.2 Å². The Morgan fingerprint density at radius 2 is 1.66 bits per heavy atom. The first-order valence-electron chi connectivity index (χ1n) is 12.3. The Morgan fingerprint density at radius 3 is 2.31 bits per heavy atom. The summed E-state index contributed by atoms with van der Waals surface area (Å²) in [6.07, 6.45) is 7.60. The number of carbonyl (C=O) groups excluding carboxylic acids is 3. The molecule has 1 N–H and O–H groups in total. The van der Waals surface area contributed by atoms with Gasteiger partial charge in [0.25, 0.3) is 5.91 Å². The van der Waals surface area contributed by atoms with Gasteiger partial charge in [-0.25, -0.2) is 4.79 Å². The summed E-state index contributed by atoms with van der Waals surface area (Å²) in [5.41, 5.74) is 1.74. The van der Waals surface area contributed by atoms with Gasteiger partial charge in [-0.05, 0) is 94.6 Å². The maximum absolute atomic E-state index is 13.2. The molecular formula is C26H34N2O4. The number of benzene rings is 1. The molecule has 6 heteroatoms. The van der Waals surface area contributed by atoms with Gasteiger partial charge in [0.1, 0.15) is 6.04 Å². The fraction of sp³-hybridized carbons (Fsp3) is 0.654. The molecule has 2 amide bonds. The summed E-state index contributed by atoms with van der Waals surface area (Å²) in [4.78, 5) is 40.7. The molecule has 0 radical (unpaired) electrons. The van der Waals surface area contributed by atoms with E-state index < -0.39 is 18.1 Å². The zero-order valence-corrected chi connectivity index (χ0v) is 19.1. The smallest absolute Gasteiger partial charge is 0.329 e. The first-order chi connectivity index (χ1) is 15.3. The monoisotopic (exact) mass is 438 g/mol. The van der Waals surface area contributed by atoms with Crippen LogP contribution in [0.25, 0.3) is 0 Å². The molecule has 172 valence electrons. The molecule has 6 nitrogen and oxygen atoms in total. The van der Waals surface area contributed by atoms with Gasteiger partial charge in [-0.3, -0.25) is 9.59 Å².